The van der Waals surface area contributed by atoms with Crippen LogP contribution in [0.3, 0.4) is 0 Å². The number of benzene rings is 1. The van der Waals surface area contributed by atoms with E-state index in [1.165, 1.54) is 0 Å². The Hall–Kier alpha value is -3.00. The highest BCUT2D eigenvalue weighted by Gasteiger charge is 2.51. The van der Waals surface area contributed by atoms with Gasteiger partial charge in [-0.15, -0.1) is 0 Å². The van der Waals surface area contributed by atoms with Crippen molar-refractivity contribution in [3.05, 3.63) is 54.1 Å². The number of nitrogens with one attached hydrogen (secondary N) is 4. The largest absolute Gasteiger partial charge is 0.348 e. The molecule has 0 spiro atoms. The second-order valence-corrected chi connectivity index (χ2v) is 5.11. The minimum atomic E-state index is -1.64. The van der Waals surface area contributed by atoms with Crippen molar-refractivity contribution in [1.82, 2.24) is 25.9 Å². The number of carbonyl (C=O) groups excluding carboxylic acids is 3. The topological polar surface area (TPSA) is 116 Å². The fourth-order valence-corrected chi connectivity index (χ4v) is 2.55. The Labute approximate surface area is 131 Å². The second-order valence-electron chi connectivity index (χ2n) is 5.11. The van der Waals surface area contributed by atoms with Gasteiger partial charge in [-0.1, -0.05) is 30.3 Å². The number of hydrogen-bond acceptors (Lipinski definition) is 5. The van der Waals surface area contributed by atoms with E-state index < -0.39 is 23.4 Å². The maximum atomic E-state index is 12.5. The van der Waals surface area contributed by atoms with E-state index >= 15 is 0 Å². The average molecular weight is 313 g/mol. The molecule has 0 radical (unpaired) electrons. The molecule has 2 aromatic rings. The Kier molecular flexibility index (Phi) is 3.90. The van der Waals surface area contributed by atoms with Crippen molar-refractivity contribution < 1.29 is 14.4 Å². The first-order chi connectivity index (χ1) is 11.1. The van der Waals surface area contributed by atoms with E-state index in [0.29, 0.717) is 18.5 Å². The zero-order valence-corrected chi connectivity index (χ0v) is 12.1. The van der Waals surface area contributed by atoms with Crippen molar-refractivity contribution in [2.24, 2.45) is 0 Å². The van der Waals surface area contributed by atoms with Crippen molar-refractivity contribution in [1.29, 1.82) is 0 Å². The van der Waals surface area contributed by atoms with Gasteiger partial charge in [0.2, 0.25) is 5.54 Å². The van der Waals surface area contributed by atoms with Gasteiger partial charge in [-0.05, 0) is 5.56 Å². The van der Waals surface area contributed by atoms with Crippen LogP contribution in [0.4, 0.5) is 4.79 Å². The van der Waals surface area contributed by atoms with Gasteiger partial charge >= 0.3 is 6.03 Å². The fourth-order valence-electron chi connectivity index (χ4n) is 2.55. The molecule has 1 fully saturated rings. The summed E-state index contributed by atoms with van der Waals surface area (Å²) in [6.07, 6.45) is 3.77. The number of H-pyrrole nitrogens is 1. The summed E-state index contributed by atoms with van der Waals surface area (Å²) in [5, 5.41) is 7.29. The highest BCUT2D eigenvalue weighted by molar-refractivity contribution is 6.22. The van der Waals surface area contributed by atoms with Gasteiger partial charge in [0.1, 0.15) is 0 Å². The number of carbonyl (C=O) groups is 3. The van der Waals surface area contributed by atoms with Gasteiger partial charge in [-0.3, -0.25) is 25.5 Å². The van der Waals surface area contributed by atoms with Crippen LogP contribution in [-0.4, -0.2) is 34.4 Å². The van der Waals surface area contributed by atoms with Gasteiger partial charge in [-0.2, -0.15) is 0 Å². The number of imide groups is 2. The first kappa shape index (κ1) is 14.9. The summed E-state index contributed by atoms with van der Waals surface area (Å²) in [7, 11) is 0. The molecule has 1 aromatic carbocycles. The molecule has 1 aliphatic rings. The number of hydrogen-bond donors (Lipinski definition) is 4. The van der Waals surface area contributed by atoms with Crippen LogP contribution in [0.5, 0.6) is 0 Å². The first-order valence-corrected chi connectivity index (χ1v) is 7.07. The summed E-state index contributed by atoms with van der Waals surface area (Å²) in [4.78, 5) is 43.1. The molecular weight excluding hydrogens is 298 g/mol. The van der Waals surface area contributed by atoms with Crippen molar-refractivity contribution >= 4 is 17.8 Å². The SMILES string of the molecule is O=C1NC(=O)C(NCCc2cnc[nH]2)(c2ccccc2)C(=O)N1. The predicted octanol–water partition coefficient (Wildman–Crippen LogP) is -0.197. The normalized spacial score (nSPS) is 16.8. The van der Waals surface area contributed by atoms with E-state index in [1.807, 2.05) is 0 Å². The lowest BCUT2D eigenvalue weighted by molar-refractivity contribution is -0.140. The third-order valence-electron chi connectivity index (χ3n) is 3.68. The average Bonchev–Trinajstić information content (AvgIpc) is 3.04. The maximum absolute atomic E-state index is 12.5. The minimum Gasteiger partial charge on any atom is -0.348 e. The lowest BCUT2D eigenvalue weighted by atomic mass is 9.86. The molecule has 0 atom stereocenters. The van der Waals surface area contributed by atoms with E-state index in [2.05, 4.69) is 25.9 Å². The molecule has 2 heterocycles. The highest BCUT2D eigenvalue weighted by atomic mass is 16.2. The number of amides is 4. The van der Waals surface area contributed by atoms with Crippen LogP contribution < -0.4 is 16.0 Å². The number of barbiturate groups is 1. The Bertz CT molecular complexity index is 707. The molecule has 8 heteroatoms. The van der Waals surface area contributed by atoms with Crippen molar-refractivity contribution in [3.63, 3.8) is 0 Å². The van der Waals surface area contributed by atoms with Crippen LogP contribution in [0.2, 0.25) is 0 Å². The van der Waals surface area contributed by atoms with Gasteiger partial charge in [0, 0.05) is 24.9 Å². The molecule has 0 unspecified atom stereocenters. The molecular formula is C15H15N5O3. The van der Waals surface area contributed by atoms with E-state index in [0.717, 1.165) is 5.69 Å². The van der Waals surface area contributed by atoms with Crippen LogP contribution in [-0.2, 0) is 21.5 Å². The summed E-state index contributed by atoms with van der Waals surface area (Å²) < 4.78 is 0. The molecule has 23 heavy (non-hydrogen) atoms. The molecule has 4 amide bonds. The van der Waals surface area contributed by atoms with Crippen LogP contribution in [0, 0.1) is 0 Å². The van der Waals surface area contributed by atoms with Gasteiger partial charge < -0.3 is 4.98 Å². The van der Waals surface area contributed by atoms with Crippen LogP contribution in [0.1, 0.15) is 11.3 Å². The number of rotatable bonds is 5. The van der Waals surface area contributed by atoms with E-state index in [1.54, 1.807) is 42.9 Å². The Morgan fingerprint density at radius 3 is 2.35 bits per heavy atom. The molecule has 1 aromatic heterocycles. The highest BCUT2D eigenvalue weighted by Crippen LogP contribution is 2.24. The molecule has 0 aliphatic carbocycles. The molecule has 0 saturated carbocycles. The fraction of sp³-hybridized carbons (Fsp3) is 0.200. The molecule has 4 N–H and O–H groups in total. The molecule has 118 valence electrons. The lowest BCUT2D eigenvalue weighted by Gasteiger charge is -2.35. The maximum Gasteiger partial charge on any atom is 0.328 e. The smallest absolute Gasteiger partial charge is 0.328 e. The van der Waals surface area contributed by atoms with Gasteiger partial charge in [0.15, 0.2) is 0 Å². The molecule has 0 bridgehead atoms. The van der Waals surface area contributed by atoms with Gasteiger partial charge in [-0.25, -0.2) is 9.78 Å². The summed E-state index contributed by atoms with van der Waals surface area (Å²) in [6.45, 7) is 0.339. The van der Waals surface area contributed by atoms with E-state index in [-0.39, 0.29) is 0 Å². The van der Waals surface area contributed by atoms with Crippen LogP contribution >= 0.6 is 0 Å². The molecule has 1 saturated heterocycles. The van der Waals surface area contributed by atoms with E-state index in [9.17, 15) is 14.4 Å². The number of urea groups is 1. The predicted molar refractivity (Wildman–Crippen MR) is 80.1 cm³/mol. The molecule has 3 rings (SSSR count). The van der Waals surface area contributed by atoms with Crippen molar-refractivity contribution in [2.75, 3.05) is 6.54 Å². The third kappa shape index (κ3) is 2.71. The van der Waals surface area contributed by atoms with Crippen molar-refractivity contribution in [3.8, 4) is 0 Å². The van der Waals surface area contributed by atoms with Crippen molar-refractivity contribution in [2.45, 2.75) is 12.0 Å². The summed E-state index contributed by atoms with van der Waals surface area (Å²) >= 11 is 0. The zero-order valence-electron chi connectivity index (χ0n) is 12.1. The monoisotopic (exact) mass is 313 g/mol. The van der Waals surface area contributed by atoms with Crippen LogP contribution in [0.25, 0.3) is 0 Å². The molecule has 8 nitrogen and oxygen atoms in total. The van der Waals surface area contributed by atoms with E-state index in [4.69, 9.17) is 0 Å². The Morgan fingerprint density at radius 2 is 1.74 bits per heavy atom. The standard InChI is InChI=1S/C15H15N5O3/c21-12-15(10-4-2-1-3-5-10,13(22)20-14(23)19-12)18-7-6-11-8-16-9-17-11/h1-5,8-9,18H,6-7H2,(H,16,17)(H2,19,20,21,22,23). The summed E-state index contributed by atoms with van der Waals surface area (Å²) in [5.41, 5.74) is -0.310. The summed E-state index contributed by atoms with van der Waals surface area (Å²) in [6, 6.07) is 7.75. The number of nitrogens with zero attached hydrogens (tertiary/aromatic N) is 1. The van der Waals surface area contributed by atoms with Gasteiger partial charge in [0.25, 0.3) is 11.8 Å². The number of imidazole rings is 1. The quantitative estimate of drug-likeness (QED) is 0.571. The number of aromatic nitrogens is 2. The zero-order chi connectivity index (χ0) is 16.3. The third-order valence-corrected chi connectivity index (χ3v) is 3.68. The number of aromatic amines is 1. The van der Waals surface area contributed by atoms with Gasteiger partial charge in [0.05, 0.1) is 6.33 Å². The first-order valence-electron chi connectivity index (χ1n) is 7.07. The minimum absolute atomic E-state index is 0.339. The molecule has 1 aliphatic heterocycles. The summed E-state index contributed by atoms with van der Waals surface area (Å²) in [5.74, 6) is -1.39. The second kappa shape index (κ2) is 6.01. The Morgan fingerprint density at radius 1 is 1.04 bits per heavy atom. The lowest BCUT2D eigenvalue weighted by Crippen LogP contribution is -2.70. The van der Waals surface area contributed by atoms with Crippen LogP contribution in [0.15, 0.2) is 42.9 Å². The Balaban J connectivity index is 1.89.